The van der Waals surface area contributed by atoms with Gasteiger partial charge in [0, 0.05) is 19.5 Å². The van der Waals surface area contributed by atoms with Gasteiger partial charge in [0.15, 0.2) is 0 Å². The van der Waals surface area contributed by atoms with E-state index in [1.54, 1.807) is 24.3 Å². The first-order valence-electron chi connectivity index (χ1n) is 6.97. The second-order valence-corrected chi connectivity index (χ2v) is 4.94. The molecular weight excluding hydrogens is 268 g/mol. The molecule has 1 heterocycles. The molecule has 2 rings (SSSR count). The summed E-state index contributed by atoms with van der Waals surface area (Å²) in [5.74, 6) is -0.0761. The Morgan fingerprint density at radius 2 is 2.24 bits per heavy atom. The minimum atomic E-state index is -0.112. The number of nitriles is 1. The number of para-hydroxylation sites is 1. The van der Waals surface area contributed by atoms with Crippen LogP contribution < -0.4 is 10.6 Å². The summed E-state index contributed by atoms with van der Waals surface area (Å²) in [6.07, 6.45) is 1.06. The van der Waals surface area contributed by atoms with E-state index < -0.39 is 0 Å². The molecule has 1 saturated heterocycles. The Hall–Kier alpha value is -2.39. The van der Waals surface area contributed by atoms with Gasteiger partial charge >= 0.3 is 0 Å². The van der Waals surface area contributed by atoms with Gasteiger partial charge in [-0.2, -0.15) is 5.26 Å². The molecule has 0 unspecified atom stereocenters. The van der Waals surface area contributed by atoms with E-state index in [4.69, 9.17) is 5.26 Å². The molecule has 0 saturated carbocycles. The van der Waals surface area contributed by atoms with Crippen molar-refractivity contribution in [3.63, 3.8) is 0 Å². The summed E-state index contributed by atoms with van der Waals surface area (Å²) in [7, 11) is 0. The number of amides is 2. The van der Waals surface area contributed by atoms with E-state index in [1.807, 2.05) is 11.0 Å². The third-order valence-corrected chi connectivity index (χ3v) is 3.32. The Morgan fingerprint density at radius 1 is 1.43 bits per heavy atom. The summed E-state index contributed by atoms with van der Waals surface area (Å²) >= 11 is 0. The molecule has 2 amide bonds. The molecule has 1 aliphatic rings. The molecule has 2 N–H and O–H groups in total. The molecule has 21 heavy (non-hydrogen) atoms. The van der Waals surface area contributed by atoms with Crippen LogP contribution in [-0.2, 0) is 9.59 Å². The number of carbonyl (C=O) groups excluding carboxylic acids is 2. The van der Waals surface area contributed by atoms with Crippen molar-refractivity contribution in [3.05, 3.63) is 29.8 Å². The molecule has 0 aromatic heterocycles. The smallest absolute Gasteiger partial charge is 0.234 e. The first kappa shape index (κ1) is 15.0. The third kappa shape index (κ3) is 4.58. The lowest BCUT2D eigenvalue weighted by Gasteiger charge is -2.26. The SMILES string of the molecule is N#Cc1ccccc1NC(=O)CCCN1CCNC(=O)C1. The number of anilines is 1. The van der Waals surface area contributed by atoms with Crippen molar-refractivity contribution in [3.8, 4) is 6.07 Å². The number of nitrogens with one attached hydrogen (secondary N) is 2. The first-order valence-corrected chi connectivity index (χ1v) is 6.97. The van der Waals surface area contributed by atoms with Crippen molar-refractivity contribution in [1.82, 2.24) is 10.2 Å². The Kier molecular flexibility index (Phi) is 5.29. The van der Waals surface area contributed by atoms with Gasteiger partial charge in [-0.1, -0.05) is 12.1 Å². The van der Waals surface area contributed by atoms with Crippen LogP contribution in [0.3, 0.4) is 0 Å². The fourth-order valence-corrected chi connectivity index (χ4v) is 2.25. The number of benzene rings is 1. The van der Waals surface area contributed by atoms with E-state index in [2.05, 4.69) is 10.6 Å². The predicted octanol–water partition coefficient (Wildman–Crippen LogP) is 0.709. The molecule has 1 aliphatic heterocycles. The van der Waals surface area contributed by atoms with Crippen LogP contribution >= 0.6 is 0 Å². The molecule has 0 atom stereocenters. The minimum Gasteiger partial charge on any atom is -0.354 e. The van der Waals surface area contributed by atoms with Gasteiger partial charge in [-0.25, -0.2) is 0 Å². The van der Waals surface area contributed by atoms with Crippen LogP contribution in [0.25, 0.3) is 0 Å². The molecule has 0 radical (unpaired) electrons. The molecule has 110 valence electrons. The molecular formula is C15H18N4O2. The van der Waals surface area contributed by atoms with Crippen molar-refractivity contribution in [1.29, 1.82) is 5.26 Å². The fourth-order valence-electron chi connectivity index (χ4n) is 2.25. The van der Waals surface area contributed by atoms with Gasteiger partial charge in [0.25, 0.3) is 0 Å². The monoisotopic (exact) mass is 286 g/mol. The van der Waals surface area contributed by atoms with Crippen LogP contribution in [0.4, 0.5) is 5.69 Å². The van der Waals surface area contributed by atoms with E-state index in [1.165, 1.54) is 0 Å². The van der Waals surface area contributed by atoms with Gasteiger partial charge in [-0.05, 0) is 25.1 Å². The summed E-state index contributed by atoms with van der Waals surface area (Å²) < 4.78 is 0. The molecule has 0 spiro atoms. The van der Waals surface area contributed by atoms with E-state index in [0.29, 0.717) is 37.2 Å². The van der Waals surface area contributed by atoms with E-state index in [9.17, 15) is 9.59 Å². The summed E-state index contributed by atoms with van der Waals surface area (Å²) in [6.45, 7) is 2.62. The van der Waals surface area contributed by atoms with Crippen LogP contribution in [0.5, 0.6) is 0 Å². The maximum absolute atomic E-state index is 11.9. The summed E-state index contributed by atoms with van der Waals surface area (Å²) in [5, 5.41) is 14.5. The first-order chi connectivity index (χ1) is 10.2. The van der Waals surface area contributed by atoms with E-state index in [0.717, 1.165) is 13.1 Å². The summed E-state index contributed by atoms with van der Waals surface area (Å²) in [4.78, 5) is 25.1. The van der Waals surface area contributed by atoms with Gasteiger partial charge in [0.05, 0.1) is 17.8 Å². The number of hydrogen-bond acceptors (Lipinski definition) is 4. The predicted molar refractivity (Wildman–Crippen MR) is 78.5 cm³/mol. The van der Waals surface area contributed by atoms with Crippen LogP contribution in [0.15, 0.2) is 24.3 Å². The maximum Gasteiger partial charge on any atom is 0.234 e. The van der Waals surface area contributed by atoms with Crippen LogP contribution in [0.1, 0.15) is 18.4 Å². The zero-order valence-corrected chi connectivity index (χ0v) is 11.8. The number of piperazine rings is 1. The lowest BCUT2D eigenvalue weighted by atomic mass is 10.2. The van der Waals surface area contributed by atoms with Crippen molar-refractivity contribution in [2.75, 3.05) is 31.5 Å². The van der Waals surface area contributed by atoms with Crippen molar-refractivity contribution >= 4 is 17.5 Å². The zero-order valence-electron chi connectivity index (χ0n) is 11.8. The average molecular weight is 286 g/mol. The number of carbonyl (C=O) groups is 2. The summed E-state index contributed by atoms with van der Waals surface area (Å²) in [6, 6.07) is 8.97. The molecule has 1 aromatic rings. The van der Waals surface area contributed by atoms with Crippen LogP contribution in [-0.4, -0.2) is 42.9 Å². The Morgan fingerprint density at radius 3 is 3.00 bits per heavy atom. The highest BCUT2D eigenvalue weighted by atomic mass is 16.2. The van der Waals surface area contributed by atoms with Gasteiger partial charge < -0.3 is 10.6 Å². The van der Waals surface area contributed by atoms with Crippen LogP contribution in [0.2, 0.25) is 0 Å². The second-order valence-electron chi connectivity index (χ2n) is 4.94. The van der Waals surface area contributed by atoms with Gasteiger partial charge in [0.2, 0.25) is 11.8 Å². The third-order valence-electron chi connectivity index (χ3n) is 3.32. The highest BCUT2D eigenvalue weighted by molar-refractivity contribution is 5.92. The molecule has 0 aliphatic carbocycles. The summed E-state index contributed by atoms with van der Waals surface area (Å²) in [5.41, 5.74) is 1.00. The highest BCUT2D eigenvalue weighted by Crippen LogP contribution is 2.14. The van der Waals surface area contributed by atoms with Crippen molar-refractivity contribution in [2.45, 2.75) is 12.8 Å². The van der Waals surface area contributed by atoms with Gasteiger partial charge in [-0.3, -0.25) is 14.5 Å². The quantitative estimate of drug-likeness (QED) is 0.834. The Bertz CT molecular complexity index is 565. The van der Waals surface area contributed by atoms with Crippen molar-refractivity contribution < 1.29 is 9.59 Å². The van der Waals surface area contributed by atoms with Gasteiger partial charge in [0.1, 0.15) is 6.07 Å². The largest absolute Gasteiger partial charge is 0.354 e. The van der Waals surface area contributed by atoms with Crippen molar-refractivity contribution in [2.24, 2.45) is 0 Å². The standard InChI is InChI=1S/C15H18N4O2/c16-10-12-4-1-2-5-13(12)18-14(20)6-3-8-19-9-7-17-15(21)11-19/h1-2,4-5H,3,6-9,11H2,(H,17,21)(H,18,20). The molecule has 1 fully saturated rings. The minimum absolute atomic E-state index is 0.0358. The molecule has 1 aromatic carbocycles. The van der Waals surface area contributed by atoms with E-state index >= 15 is 0 Å². The number of rotatable bonds is 5. The van der Waals surface area contributed by atoms with Gasteiger partial charge in [-0.15, -0.1) is 0 Å². The second kappa shape index (κ2) is 7.41. The lowest BCUT2D eigenvalue weighted by molar-refractivity contribution is -0.124. The zero-order chi connectivity index (χ0) is 15.1. The number of nitrogens with zero attached hydrogens (tertiary/aromatic N) is 2. The fraction of sp³-hybridized carbons (Fsp3) is 0.400. The lowest BCUT2D eigenvalue weighted by Crippen LogP contribution is -2.47. The Balaban J connectivity index is 1.75. The average Bonchev–Trinajstić information content (AvgIpc) is 2.48. The maximum atomic E-state index is 11.9. The molecule has 6 nitrogen and oxygen atoms in total. The Labute approximate surface area is 123 Å². The topological polar surface area (TPSA) is 85.2 Å². The normalized spacial score (nSPS) is 15.1. The van der Waals surface area contributed by atoms with Crippen LogP contribution in [0, 0.1) is 11.3 Å². The van der Waals surface area contributed by atoms with E-state index in [-0.39, 0.29) is 11.8 Å². The number of hydrogen-bond donors (Lipinski definition) is 2. The molecule has 6 heteroatoms. The molecule has 0 bridgehead atoms. The highest BCUT2D eigenvalue weighted by Gasteiger charge is 2.15.